The van der Waals surface area contributed by atoms with E-state index in [0.29, 0.717) is 17.9 Å². The molecule has 19 heavy (non-hydrogen) atoms. The Morgan fingerprint density at radius 3 is 2.53 bits per heavy atom. The molecule has 1 aromatic carbocycles. The van der Waals surface area contributed by atoms with Gasteiger partial charge in [0.2, 0.25) is 0 Å². The Morgan fingerprint density at radius 2 is 1.95 bits per heavy atom. The maximum atomic E-state index is 12.2. The Hall–Kier alpha value is -1.61. The first kappa shape index (κ1) is 13.8. The minimum absolute atomic E-state index is 0.160. The molecule has 0 bridgehead atoms. The van der Waals surface area contributed by atoms with Crippen molar-refractivity contribution in [3.8, 4) is 0 Å². The highest BCUT2D eigenvalue weighted by Gasteiger charge is 2.14. The maximum Gasteiger partial charge on any atom is 0.141 e. The molecule has 0 saturated carbocycles. The van der Waals surface area contributed by atoms with E-state index in [1.807, 2.05) is 49.8 Å². The molecule has 0 atom stereocenters. The van der Waals surface area contributed by atoms with Gasteiger partial charge < -0.3 is 0 Å². The summed E-state index contributed by atoms with van der Waals surface area (Å²) in [5.74, 6) is 0.160. The van der Waals surface area contributed by atoms with E-state index in [1.54, 1.807) is 0 Å². The molecule has 0 aliphatic carbocycles. The number of rotatable bonds is 4. The van der Waals surface area contributed by atoms with Gasteiger partial charge in [0.05, 0.1) is 5.69 Å². The third kappa shape index (κ3) is 3.04. The van der Waals surface area contributed by atoms with E-state index in [1.165, 1.54) is 0 Å². The van der Waals surface area contributed by atoms with E-state index >= 15 is 0 Å². The Bertz CT molecular complexity index is 617. The summed E-state index contributed by atoms with van der Waals surface area (Å²) in [5, 5.41) is 4.98. The number of aryl methyl sites for hydroxylation is 2. The number of carbonyl (C=O) groups is 1. The van der Waals surface area contributed by atoms with Gasteiger partial charge in [0.15, 0.2) is 0 Å². The van der Waals surface area contributed by atoms with Crippen molar-refractivity contribution in [1.82, 2.24) is 9.78 Å². The predicted octanol–water partition coefficient (Wildman–Crippen LogP) is 3.04. The highest BCUT2D eigenvalue weighted by molar-refractivity contribution is 6.31. The average Bonchev–Trinajstić information content (AvgIpc) is 2.59. The van der Waals surface area contributed by atoms with Gasteiger partial charge in [-0.15, -0.1) is 0 Å². The third-order valence-corrected chi connectivity index (χ3v) is 3.75. The molecule has 0 spiro atoms. The number of hydrogen-bond acceptors (Lipinski definition) is 2. The van der Waals surface area contributed by atoms with E-state index in [-0.39, 0.29) is 5.78 Å². The van der Waals surface area contributed by atoms with Crippen LogP contribution in [0.2, 0.25) is 5.02 Å². The fourth-order valence-corrected chi connectivity index (χ4v) is 2.39. The van der Waals surface area contributed by atoms with Gasteiger partial charge >= 0.3 is 0 Å². The van der Waals surface area contributed by atoms with Crippen LogP contribution in [-0.2, 0) is 24.7 Å². The SMILES string of the molecule is Cc1nn(C)c(C)c1CC(=O)Cc1ccccc1Cl. The van der Waals surface area contributed by atoms with Crippen LogP contribution >= 0.6 is 11.6 Å². The summed E-state index contributed by atoms with van der Waals surface area (Å²) in [6.45, 7) is 3.92. The van der Waals surface area contributed by atoms with Crippen LogP contribution in [0.4, 0.5) is 0 Å². The lowest BCUT2D eigenvalue weighted by Crippen LogP contribution is -2.08. The van der Waals surface area contributed by atoms with Crippen LogP contribution < -0.4 is 0 Å². The molecule has 0 radical (unpaired) electrons. The van der Waals surface area contributed by atoms with Crippen molar-refractivity contribution in [2.45, 2.75) is 26.7 Å². The van der Waals surface area contributed by atoms with Crippen LogP contribution in [0.25, 0.3) is 0 Å². The molecule has 0 N–H and O–H groups in total. The van der Waals surface area contributed by atoms with Crippen LogP contribution in [0, 0.1) is 13.8 Å². The second-order valence-corrected chi connectivity index (χ2v) is 5.16. The molecule has 0 fully saturated rings. The Balaban J connectivity index is 2.12. The number of Topliss-reactive ketones (excluding diaryl/α,β-unsaturated/α-hetero) is 1. The summed E-state index contributed by atoms with van der Waals surface area (Å²) < 4.78 is 1.81. The first-order chi connectivity index (χ1) is 8.99. The van der Waals surface area contributed by atoms with Gasteiger partial charge in [-0.1, -0.05) is 29.8 Å². The lowest BCUT2D eigenvalue weighted by Gasteiger charge is -2.04. The fourth-order valence-electron chi connectivity index (χ4n) is 2.19. The summed E-state index contributed by atoms with van der Waals surface area (Å²) in [4.78, 5) is 12.2. The van der Waals surface area contributed by atoms with Crippen LogP contribution in [0.1, 0.15) is 22.5 Å². The van der Waals surface area contributed by atoms with Crippen molar-refractivity contribution in [2.24, 2.45) is 7.05 Å². The number of halogens is 1. The lowest BCUT2D eigenvalue weighted by atomic mass is 10.0. The zero-order valence-corrected chi connectivity index (χ0v) is 12.2. The first-order valence-corrected chi connectivity index (χ1v) is 6.61. The zero-order chi connectivity index (χ0) is 14.0. The normalized spacial score (nSPS) is 10.7. The molecule has 1 aromatic heterocycles. The molecule has 4 heteroatoms. The van der Waals surface area contributed by atoms with Crippen LogP contribution in [0.3, 0.4) is 0 Å². The summed E-state index contributed by atoms with van der Waals surface area (Å²) in [5.41, 5.74) is 3.88. The van der Waals surface area contributed by atoms with Crippen molar-refractivity contribution in [3.05, 3.63) is 51.8 Å². The molecular formula is C15H17ClN2O. The molecule has 0 amide bonds. The summed E-state index contributed by atoms with van der Waals surface area (Å²) in [7, 11) is 1.89. The maximum absolute atomic E-state index is 12.2. The van der Waals surface area contributed by atoms with E-state index in [4.69, 9.17) is 11.6 Å². The van der Waals surface area contributed by atoms with Crippen LogP contribution in [0.5, 0.6) is 0 Å². The van der Waals surface area contributed by atoms with Gasteiger partial charge in [-0.05, 0) is 25.5 Å². The second-order valence-electron chi connectivity index (χ2n) is 4.76. The highest BCUT2D eigenvalue weighted by Crippen LogP contribution is 2.18. The molecule has 2 aromatic rings. The first-order valence-electron chi connectivity index (χ1n) is 6.23. The number of benzene rings is 1. The minimum atomic E-state index is 0.160. The van der Waals surface area contributed by atoms with Crippen molar-refractivity contribution in [1.29, 1.82) is 0 Å². The smallest absolute Gasteiger partial charge is 0.141 e. The van der Waals surface area contributed by atoms with E-state index in [2.05, 4.69) is 5.10 Å². The number of carbonyl (C=O) groups excluding carboxylic acids is 1. The summed E-state index contributed by atoms with van der Waals surface area (Å²) in [6, 6.07) is 7.47. The zero-order valence-electron chi connectivity index (χ0n) is 11.4. The Morgan fingerprint density at radius 1 is 1.26 bits per heavy atom. The van der Waals surface area contributed by atoms with Gasteiger partial charge in [0, 0.05) is 36.2 Å². The quantitative estimate of drug-likeness (QED) is 0.860. The number of aromatic nitrogens is 2. The Kier molecular flexibility index (Phi) is 4.05. The van der Waals surface area contributed by atoms with E-state index in [9.17, 15) is 4.79 Å². The third-order valence-electron chi connectivity index (χ3n) is 3.38. The average molecular weight is 277 g/mol. The fraction of sp³-hybridized carbons (Fsp3) is 0.333. The van der Waals surface area contributed by atoms with Crippen molar-refractivity contribution >= 4 is 17.4 Å². The molecule has 0 saturated heterocycles. The highest BCUT2D eigenvalue weighted by atomic mass is 35.5. The van der Waals surface area contributed by atoms with Crippen molar-refractivity contribution in [3.63, 3.8) is 0 Å². The van der Waals surface area contributed by atoms with Gasteiger partial charge in [-0.3, -0.25) is 9.48 Å². The van der Waals surface area contributed by atoms with E-state index in [0.717, 1.165) is 22.5 Å². The molecule has 1 heterocycles. The standard InChI is InChI=1S/C15H17ClN2O/c1-10-14(11(2)18(3)17-10)9-13(19)8-12-6-4-5-7-15(12)16/h4-7H,8-9H2,1-3H3. The van der Waals surface area contributed by atoms with Gasteiger partial charge in [0.1, 0.15) is 5.78 Å². The molecule has 3 nitrogen and oxygen atoms in total. The predicted molar refractivity (Wildman–Crippen MR) is 76.5 cm³/mol. The number of ketones is 1. The lowest BCUT2D eigenvalue weighted by molar-refractivity contribution is -0.117. The van der Waals surface area contributed by atoms with Gasteiger partial charge in [0.25, 0.3) is 0 Å². The van der Waals surface area contributed by atoms with Crippen molar-refractivity contribution < 1.29 is 4.79 Å². The molecule has 0 aliphatic rings. The molecule has 100 valence electrons. The van der Waals surface area contributed by atoms with Crippen molar-refractivity contribution in [2.75, 3.05) is 0 Å². The minimum Gasteiger partial charge on any atom is -0.299 e. The van der Waals surface area contributed by atoms with Gasteiger partial charge in [-0.25, -0.2) is 0 Å². The summed E-state index contributed by atoms with van der Waals surface area (Å²) >= 11 is 6.07. The molecule has 0 unspecified atom stereocenters. The summed E-state index contributed by atoms with van der Waals surface area (Å²) in [6.07, 6.45) is 0.782. The topological polar surface area (TPSA) is 34.9 Å². The number of nitrogens with zero attached hydrogens (tertiary/aromatic N) is 2. The molecule has 0 aliphatic heterocycles. The largest absolute Gasteiger partial charge is 0.299 e. The van der Waals surface area contributed by atoms with Crippen LogP contribution in [0.15, 0.2) is 24.3 Å². The van der Waals surface area contributed by atoms with Crippen LogP contribution in [-0.4, -0.2) is 15.6 Å². The monoisotopic (exact) mass is 276 g/mol. The molecule has 2 rings (SSSR count). The second kappa shape index (κ2) is 5.57. The molecular weight excluding hydrogens is 260 g/mol. The van der Waals surface area contributed by atoms with Gasteiger partial charge in [-0.2, -0.15) is 5.10 Å². The number of hydrogen-bond donors (Lipinski definition) is 0. The Labute approximate surface area is 118 Å². The van der Waals surface area contributed by atoms with E-state index < -0.39 is 0 Å².